The minimum atomic E-state index is -0.447. The third-order valence-corrected chi connectivity index (χ3v) is 4.64. The molecule has 8 nitrogen and oxygen atoms in total. The standard InChI is InChI=1S/C15H14N4O4S/c1-9-12(22-8-16-9)15(20)19-4-5-21-7-10(19)13-17-18-14(23-13)11-3-2-6-24-11/h2-3,6,8,10H,4-5,7H2,1H3. The molecule has 1 saturated heterocycles. The van der Waals surface area contributed by atoms with Crippen molar-refractivity contribution in [3.8, 4) is 10.8 Å². The fraction of sp³-hybridized carbons (Fsp3) is 0.333. The van der Waals surface area contributed by atoms with Crippen molar-refractivity contribution in [2.45, 2.75) is 13.0 Å². The van der Waals surface area contributed by atoms with Gasteiger partial charge in [-0.1, -0.05) is 6.07 Å². The van der Waals surface area contributed by atoms with Crippen molar-refractivity contribution in [2.75, 3.05) is 19.8 Å². The lowest BCUT2D eigenvalue weighted by Crippen LogP contribution is -2.43. The molecule has 1 aliphatic rings. The second kappa shape index (κ2) is 6.17. The van der Waals surface area contributed by atoms with Crippen LogP contribution in [0.1, 0.15) is 28.2 Å². The van der Waals surface area contributed by atoms with Gasteiger partial charge in [0.25, 0.3) is 11.8 Å². The smallest absolute Gasteiger partial charge is 0.292 e. The number of hydrogen-bond donors (Lipinski definition) is 0. The molecule has 0 N–H and O–H groups in total. The van der Waals surface area contributed by atoms with Gasteiger partial charge in [0.1, 0.15) is 6.04 Å². The number of carbonyl (C=O) groups is 1. The molecule has 0 aromatic carbocycles. The van der Waals surface area contributed by atoms with Gasteiger partial charge in [0.15, 0.2) is 6.39 Å². The van der Waals surface area contributed by atoms with Gasteiger partial charge in [0, 0.05) is 6.54 Å². The Hall–Kier alpha value is -2.52. The molecular formula is C15H14N4O4S. The normalized spacial score (nSPS) is 18.0. The van der Waals surface area contributed by atoms with Gasteiger partial charge < -0.3 is 18.5 Å². The van der Waals surface area contributed by atoms with Gasteiger partial charge in [-0.05, 0) is 18.4 Å². The Bertz CT molecular complexity index is 841. The minimum absolute atomic E-state index is 0.222. The largest absolute Gasteiger partial charge is 0.438 e. The summed E-state index contributed by atoms with van der Waals surface area (Å²) < 4.78 is 16.5. The Morgan fingerprint density at radius 3 is 3.08 bits per heavy atom. The van der Waals surface area contributed by atoms with Crippen molar-refractivity contribution >= 4 is 17.2 Å². The highest BCUT2D eigenvalue weighted by Crippen LogP contribution is 2.29. The van der Waals surface area contributed by atoms with Crippen molar-refractivity contribution in [3.05, 3.63) is 41.3 Å². The van der Waals surface area contributed by atoms with Crippen LogP contribution in [0.25, 0.3) is 10.8 Å². The minimum Gasteiger partial charge on any atom is -0.438 e. The molecule has 4 rings (SSSR count). The highest BCUT2D eigenvalue weighted by Gasteiger charge is 2.35. The van der Waals surface area contributed by atoms with E-state index in [9.17, 15) is 4.79 Å². The first kappa shape index (κ1) is 15.0. The van der Waals surface area contributed by atoms with Gasteiger partial charge in [0.05, 0.1) is 23.8 Å². The number of thiophene rings is 1. The van der Waals surface area contributed by atoms with E-state index in [1.165, 1.54) is 17.7 Å². The van der Waals surface area contributed by atoms with Gasteiger partial charge in [-0.25, -0.2) is 4.98 Å². The molecule has 0 aliphatic carbocycles. The average Bonchev–Trinajstić information content (AvgIpc) is 3.35. The molecule has 4 heterocycles. The third-order valence-electron chi connectivity index (χ3n) is 3.79. The first-order chi connectivity index (χ1) is 11.7. The molecule has 0 spiro atoms. The SMILES string of the molecule is Cc1ncoc1C(=O)N1CCOCC1c1nnc(-c2cccs2)o1. The van der Waals surface area contributed by atoms with E-state index in [2.05, 4.69) is 15.2 Å². The zero-order valence-electron chi connectivity index (χ0n) is 12.8. The Balaban J connectivity index is 1.63. The molecule has 0 radical (unpaired) electrons. The maximum atomic E-state index is 12.7. The van der Waals surface area contributed by atoms with Crippen LogP contribution in [0, 0.1) is 6.92 Å². The van der Waals surface area contributed by atoms with Gasteiger partial charge in [-0.3, -0.25) is 4.79 Å². The molecule has 1 unspecified atom stereocenters. The summed E-state index contributed by atoms with van der Waals surface area (Å²) >= 11 is 1.51. The van der Waals surface area contributed by atoms with Gasteiger partial charge in [-0.2, -0.15) is 0 Å². The van der Waals surface area contributed by atoms with Crippen LogP contribution in [0.4, 0.5) is 0 Å². The molecule has 24 heavy (non-hydrogen) atoms. The number of ether oxygens (including phenoxy) is 1. The summed E-state index contributed by atoms with van der Waals surface area (Å²) in [5, 5.41) is 10.1. The molecule has 1 amide bonds. The molecule has 1 fully saturated rings. The lowest BCUT2D eigenvalue weighted by molar-refractivity contribution is -0.0118. The van der Waals surface area contributed by atoms with Crippen LogP contribution in [0.3, 0.4) is 0 Å². The molecular weight excluding hydrogens is 332 g/mol. The van der Waals surface area contributed by atoms with Crippen molar-refractivity contribution in [3.63, 3.8) is 0 Å². The van der Waals surface area contributed by atoms with E-state index in [-0.39, 0.29) is 11.7 Å². The van der Waals surface area contributed by atoms with E-state index < -0.39 is 6.04 Å². The van der Waals surface area contributed by atoms with Gasteiger partial charge in [-0.15, -0.1) is 21.5 Å². The average molecular weight is 346 g/mol. The van der Waals surface area contributed by atoms with Crippen LogP contribution in [0.2, 0.25) is 0 Å². The fourth-order valence-electron chi connectivity index (χ4n) is 2.56. The van der Waals surface area contributed by atoms with Crippen molar-refractivity contribution in [1.29, 1.82) is 0 Å². The molecule has 0 bridgehead atoms. The van der Waals surface area contributed by atoms with Crippen LogP contribution in [0.15, 0.2) is 32.7 Å². The second-order valence-electron chi connectivity index (χ2n) is 5.28. The summed E-state index contributed by atoms with van der Waals surface area (Å²) in [7, 11) is 0. The van der Waals surface area contributed by atoms with E-state index in [4.69, 9.17) is 13.6 Å². The lowest BCUT2D eigenvalue weighted by Gasteiger charge is -2.32. The summed E-state index contributed by atoms with van der Waals surface area (Å²) in [6.07, 6.45) is 1.26. The van der Waals surface area contributed by atoms with Crippen LogP contribution in [0.5, 0.6) is 0 Å². The number of aromatic nitrogens is 3. The number of rotatable bonds is 3. The summed E-state index contributed by atoms with van der Waals surface area (Å²) in [5.41, 5.74) is 0.551. The molecule has 3 aromatic rings. The zero-order valence-corrected chi connectivity index (χ0v) is 13.7. The second-order valence-corrected chi connectivity index (χ2v) is 6.23. The third kappa shape index (κ3) is 2.61. The Kier molecular flexibility index (Phi) is 3.87. The molecule has 9 heteroatoms. The van der Waals surface area contributed by atoms with Crippen molar-refractivity contribution in [1.82, 2.24) is 20.1 Å². The first-order valence-electron chi connectivity index (χ1n) is 7.40. The number of oxazole rings is 1. The zero-order chi connectivity index (χ0) is 16.5. The number of amides is 1. The van der Waals surface area contributed by atoms with E-state index in [1.807, 2.05) is 17.5 Å². The molecule has 0 saturated carbocycles. The number of carbonyl (C=O) groups excluding carboxylic acids is 1. The van der Waals surface area contributed by atoms with Crippen LogP contribution in [-0.2, 0) is 4.74 Å². The van der Waals surface area contributed by atoms with E-state index >= 15 is 0 Å². The quantitative estimate of drug-likeness (QED) is 0.718. The Morgan fingerprint density at radius 1 is 1.42 bits per heavy atom. The predicted molar refractivity (Wildman–Crippen MR) is 83.4 cm³/mol. The highest BCUT2D eigenvalue weighted by atomic mass is 32.1. The van der Waals surface area contributed by atoms with E-state index in [0.717, 1.165) is 4.88 Å². The number of hydrogen-bond acceptors (Lipinski definition) is 8. The van der Waals surface area contributed by atoms with Gasteiger partial charge >= 0.3 is 0 Å². The van der Waals surface area contributed by atoms with Gasteiger partial charge in [0.2, 0.25) is 11.7 Å². The number of nitrogens with zero attached hydrogens (tertiary/aromatic N) is 4. The maximum absolute atomic E-state index is 12.7. The molecule has 1 atom stereocenters. The summed E-state index contributed by atoms with van der Waals surface area (Å²) in [4.78, 5) is 19.2. The molecule has 1 aliphatic heterocycles. The van der Waals surface area contributed by atoms with Crippen molar-refractivity contribution in [2.24, 2.45) is 0 Å². The predicted octanol–water partition coefficient (Wildman–Crippen LogP) is 2.31. The Morgan fingerprint density at radius 2 is 2.33 bits per heavy atom. The van der Waals surface area contributed by atoms with Crippen LogP contribution < -0.4 is 0 Å². The Labute approximate surface area is 141 Å². The summed E-state index contributed by atoms with van der Waals surface area (Å²) in [5.74, 6) is 0.756. The van der Waals surface area contributed by atoms with Crippen LogP contribution in [-0.4, -0.2) is 45.7 Å². The summed E-state index contributed by atoms with van der Waals surface area (Å²) in [6, 6.07) is 3.37. The highest BCUT2D eigenvalue weighted by molar-refractivity contribution is 7.13. The van der Waals surface area contributed by atoms with E-state index in [1.54, 1.807) is 11.8 Å². The fourth-order valence-corrected chi connectivity index (χ4v) is 3.20. The number of morpholine rings is 1. The van der Waals surface area contributed by atoms with Crippen molar-refractivity contribution < 1.29 is 18.4 Å². The maximum Gasteiger partial charge on any atom is 0.292 e. The monoisotopic (exact) mass is 346 g/mol. The summed E-state index contributed by atoms with van der Waals surface area (Å²) in [6.45, 7) is 2.89. The van der Waals surface area contributed by atoms with Crippen LogP contribution >= 0.6 is 11.3 Å². The van der Waals surface area contributed by atoms with E-state index in [0.29, 0.717) is 37.2 Å². The first-order valence-corrected chi connectivity index (χ1v) is 8.28. The topological polar surface area (TPSA) is 94.5 Å². The number of aryl methyl sites for hydroxylation is 1. The molecule has 124 valence electrons. The lowest BCUT2D eigenvalue weighted by atomic mass is 10.2. The molecule has 3 aromatic heterocycles.